The number of nitrogens with zero attached hydrogens (tertiary/aromatic N) is 4. The number of hydrogen-bond donors (Lipinski definition) is 1. The molecule has 5 nitrogen and oxygen atoms in total. The summed E-state index contributed by atoms with van der Waals surface area (Å²) in [5.41, 5.74) is 0.275. The zero-order valence-electron chi connectivity index (χ0n) is 13.1. The van der Waals surface area contributed by atoms with Crippen molar-refractivity contribution < 1.29 is 0 Å². The molecule has 2 fully saturated rings. The van der Waals surface area contributed by atoms with Gasteiger partial charge in [0.2, 0.25) is 0 Å². The molecular formula is C15H27N5. The van der Waals surface area contributed by atoms with Crippen molar-refractivity contribution in [2.75, 3.05) is 13.1 Å². The molecule has 2 atom stereocenters. The Morgan fingerprint density at radius 1 is 1.45 bits per heavy atom. The summed E-state index contributed by atoms with van der Waals surface area (Å²) in [6, 6.07) is 0.579. The average molecular weight is 277 g/mol. The second-order valence-corrected chi connectivity index (χ2v) is 7.04. The van der Waals surface area contributed by atoms with Crippen molar-refractivity contribution in [3.63, 3.8) is 0 Å². The largest absolute Gasteiger partial charge is 0.311 e. The lowest BCUT2D eigenvalue weighted by Crippen LogP contribution is -2.65. The third-order valence-electron chi connectivity index (χ3n) is 5.26. The summed E-state index contributed by atoms with van der Waals surface area (Å²) < 4.78 is 1.90. The van der Waals surface area contributed by atoms with Crippen LogP contribution in [0.4, 0.5) is 0 Å². The molecular weight excluding hydrogens is 250 g/mol. The molecule has 1 aromatic heterocycles. The highest BCUT2D eigenvalue weighted by Crippen LogP contribution is 2.44. The van der Waals surface area contributed by atoms with E-state index in [-0.39, 0.29) is 5.54 Å². The first-order valence-corrected chi connectivity index (χ1v) is 7.82. The molecule has 0 spiro atoms. The van der Waals surface area contributed by atoms with Gasteiger partial charge in [-0.15, -0.1) is 0 Å². The molecule has 1 saturated carbocycles. The van der Waals surface area contributed by atoms with Crippen molar-refractivity contribution in [1.29, 1.82) is 0 Å². The van der Waals surface area contributed by atoms with Crippen LogP contribution in [-0.2, 0) is 13.6 Å². The predicted octanol–water partition coefficient (Wildman–Crippen LogP) is 1.41. The summed E-state index contributed by atoms with van der Waals surface area (Å²) >= 11 is 0. The van der Waals surface area contributed by atoms with E-state index in [1.54, 1.807) is 6.33 Å². The van der Waals surface area contributed by atoms with E-state index >= 15 is 0 Å². The molecule has 1 aromatic rings. The fourth-order valence-electron chi connectivity index (χ4n) is 3.39. The smallest absolute Gasteiger partial charge is 0.140 e. The maximum absolute atomic E-state index is 4.41. The zero-order valence-corrected chi connectivity index (χ0v) is 13.1. The third kappa shape index (κ3) is 2.49. The Kier molecular flexibility index (Phi) is 3.58. The summed E-state index contributed by atoms with van der Waals surface area (Å²) in [4.78, 5) is 7.06. The Balaban J connectivity index is 1.79. The van der Waals surface area contributed by atoms with Gasteiger partial charge in [0.25, 0.3) is 0 Å². The Morgan fingerprint density at radius 2 is 2.20 bits per heavy atom. The maximum Gasteiger partial charge on any atom is 0.140 e. The van der Waals surface area contributed by atoms with Gasteiger partial charge in [-0.3, -0.25) is 9.58 Å². The molecule has 0 radical (unpaired) electrons. The molecule has 1 N–H and O–H groups in total. The van der Waals surface area contributed by atoms with Crippen LogP contribution in [0.25, 0.3) is 0 Å². The molecule has 3 rings (SSSR count). The van der Waals surface area contributed by atoms with Gasteiger partial charge < -0.3 is 5.32 Å². The highest BCUT2D eigenvalue weighted by Gasteiger charge is 2.48. The maximum atomic E-state index is 4.41. The minimum atomic E-state index is 0.275. The fraction of sp³-hybridized carbons (Fsp3) is 0.867. The van der Waals surface area contributed by atoms with Crippen LogP contribution in [0.3, 0.4) is 0 Å². The number of aryl methyl sites for hydroxylation is 1. The number of hydrogen-bond acceptors (Lipinski definition) is 4. The first-order valence-electron chi connectivity index (χ1n) is 7.82. The summed E-state index contributed by atoms with van der Waals surface area (Å²) in [5, 5.41) is 7.98. The predicted molar refractivity (Wildman–Crippen MR) is 79.2 cm³/mol. The molecule has 2 aliphatic rings. The van der Waals surface area contributed by atoms with Crippen LogP contribution in [0.2, 0.25) is 0 Å². The molecule has 0 aromatic carbocycles. The number of aromatic nitrogens is 3. The van der Waals surface area contributed by atoms with E-state index in [9.17, 15) is 0 Å². The van der Waals surface area contributed by atoms with Crippen molar-refractivity contribution in [2.45, 2.75) is 51.7 Å². The third-order valence-corrected chi connectivity index (χ3v) is 5.26. The summed E-state index contributed by atoms with van der Waals surface area (Å²) in [5.74, 6) is 2.58. The Labute approximate surface area is 121 Å². The van der Waals surface area contributed by atoms with Gasteiger partial charge in [0.1, 0.15) is 12.2 Å². The number of nitrogens with one attached hydrogen (secondary N) is 1. The van der Waals surface area contributed by atoms with Gasteiger partial charge in [-0.25, -0.2) is 4.98 Å². The van der Waals surface area contributed by atoms with Gasteiger partial charge in [-0.1, -0.05) is 13.8 Å². The monoisotopic (exact) mass is 277 g/mol. The average Bonchev–Trinajstić information content (AvgIpc) is 3.18. The molecule has 0 bridgehead atoms. The van der Waals surface area contributed by atoms with Crippen molar-refractivity contribution in [3.8, 4) is 0 Å². The van der Waals surface area contributed by atoms with Crippen LogP contribution in [0.15, 0.2) is 6.33 Å². The van der Waals surface area contributed by atoms with Gasteiger partial charge in [0.05, 0.1) is 6.54 Å². The van der Waals surface area contributed by atoms with Gasteiger partial charge >= 0.3 is 0 Å². The highest BCUT2D eigenvalue weighted by atomic mass is 15.4. The second-order valence-electron chi connectivity index (χ2n) is 7.04. The van der Waals surface area contributed by atoms with Crippen LogP contribution in [0.1, 0.15) is 39.4 Å². The molecule has 112 valence electrons. The minimum Gasteiger partial charge on any atom is -0.311 e. The molecule has 1 aliphatic carbocycles. The number of piperazine rings is 1. The van der Waals surface area contributed by atoms with E-state index in [1.807, 2.05) is 11.7 Å². The van der Waals surface area contributed by atoms with Crippen LogP contribution in [0, 0.1) is 11.8 Å². The SMILES string of the molecule is CC(C)C1CN(Cc2ncnn2C)C(C)(C2CC2)CN1. The van der Waals surface area contributed by atoms with E-state index in [0.29, 0.717) is 12.0 Å². The Morgan fingerprint density at radius 3 is 2.75 bits per heavy atom. The van der Waals surface area contributed by atoms with E-state index in [2.05, 4.69) is 41.1 Å². The highest BCUT2D eigenvalue weighted by molar-refractivity contribution is 5.06. The van der Waals surface area contributed by atoms with E-state index < -0.39 is 0 Å². The van der Waals surface area contributed by atoms with Crippen LogP contribution >= 0.6 is 0 Å². The fourth-order valence-corrected chi connectivity index (χ4v) is 3.39. The minimum absolute atomic E-state index is 0.275. The lowest BCUT2D eigenvalue weighted by Gasteiger charge is -2.49. The second kappa shape index (κ2) is 5.11. The first-order chi connectivity index (χ1) is 9.50. The summed E-state index contributed by atoms with van der Waals surface area (Å²) in [6.45, 7) is 10.1. The van der Waals surface area contributed by atoms with Crippen molar-refractivity contribution in [1.82, 2.24) is 25.0 Å². The Bertz CT molecular complexity index is 465. The van der Waals surface area contributed by atoms with E-state index in [4.69, 9.17) is 0 Å². The summed E-state index contributed by atoms with van der Waals surface area (Å²) in [7, 11) is 1.99. The Hall–Kier alpha value is -0.940. The molecule has 2 heterocycles. The zero-order chi connectivity index (χ0) is 14.3. The van der Waals surface area contributed by atoms with E-state index in [0.717, 1.165) is 31.4 Å². The topological polar surface area (TPSA) is 46.0 Å². The molecule has 5 heteroatoms. The molecule has 1 saturated heterocycles. The lowest BCUT2D eigenvalue weighted by atomic mass is 9.87. The van der Waals surface area contributed by atoms with Crippen molar-refractivity contribution in [2.24, 2.45) is 18.9 Å². The molecule has 20 heavy (non-hydrogen) atoms. The number of rotatable bonds is 4. The van der Waals surface area contributed by atoms with Gasteiger partial charge in [-0.05, 0) is 31.6 Å². The standard InChI is InChI=1S/C15H27N5/c1-11(2)13-7-20(8-14-17-10-18-19(14)4)15(3,9-16-13)12-5-6-12/h10-13,16H,5-9H2,1-4H3. The first kappa shape index (κ1) is 14.0. The van der Waals surface area contributed by atoms with E-state index in [1.165, 1.54) is 12.8 Å². The van der Waals surface area contributed by atoms with Gasteiger partial charge in [0, 0.05) is 31.7 Å². The summed E-state index contributed by atoms with van der Waals surface area (Å²) in [6.07, 6.45) is 4.41. The van der Waals surface area contributed by atoms with Crippen LogP contribution in [-0.4, -0.2) is 44.3 Å². The van der Waals surface area contributed by atoms with Gasteiger partial charge in [0.15, 0.2) is 0 Å². The van der Waals surface area contributed by atoms with Crippen molar-refractivity contribution >= 4 is 0 Å². The van der Waals surface area contributed by atoms with Gasteiger partial charge in [-0.2, -0.15) is 5.10 Å². The quantitative estimate of drug-likeness (QED) is 0.904. The lowest BCUT2D eigenvalue weighted by molar-refractivity contribution is 0.0159. The molecule has 1 aliphatic heterocycles. The van der Waals surface area contributed by atoms with Crippen LogP contribution in [0.5, 0.6) is 0 Å². The van der Waals surface area contributed by atoms with Crippen molar-refractivity contribution in [3.05, 3.63) is 12.2 Å². The normalized spacial score (nSPS) is 31.9. The van der Waals surface area contributed by atoms with Crippen LogP contribution < -0.4 is 5.32 Å². The molecule has 2 unspecified atom stereocenters. The molecule has 0 amide bonds.